The summed E-state index contributed by atoms with van der Waals surface area (Å²) in [7, 11) is 1.55. The lowest BCUT2D eigenvalue weighted by Gasteiger charge is -2.14. The molecule has 0 saturated heterocycles. The number of methoxy groups -OCH3 is 1. The summed E-state index contributed by atoms with van der Waals surface area (Å²) >= 11 is 1.37. The van der Waals surface area contributed by atoms with Crippen molar-refractivity contribution in [2.45, 2.75) is 17.9 Å². The average Bonchev–Trinajstić information content (AvgIpc) is 2.61. The summed E-state index contributed by atoms with van der Waals surface area (Å²) in [5, 5.41) is 2.69. The lowest BCUT2D eigenvalue weighted by atomic mass is 10.3. The van der Waals surface area contributed by atoms with Crippen molar-refractivity contribution in [1.82, 2.24) is 0 Å². The van der Waals surface area contributed by atoms with Crippen LogP contribution >= 0.6 is 11.8 Å². The van der Waals surface area contributed by atoms with Crippen molar-refractivity contribution >= 4 is 29.3 Å². The Bertz CT molecular complexity index is 690. The summed E-state index contributed by atoms with van der Waals surface area (Å²) in [4.78, 5) is 24.9. The van der Waals surface area contributed by atoms with E-state index in [0.29, 0.717) is 11.4 Å². The van der Waals surface area contributed by atoms with Gasteiger partial charge in [-0.25, -0.2) is 0 Å². The van der Waals surface area contributed by atoms with Gasteiger partial charge in [-0.2, -0.15) is 0 Å². The third kappa shape index (κ3) is 5.62. The molecule has 0 saturated carbocycles. The molecule has 1 amide bonds. The third-order valence-electron chi connectivity index (χ3n) is 3.11. The van der Waals surface area contributed by atoms with Gasteiger partial charge in [-0.05, 0) is 31.2 Å². The van der Waals surface area contributed by atoms with Crippen LogP contribution in [0.5, 0.6) is 5.75 Å². The molecule has 0 heterocycles. The first-order valence-electron chi connectivity index (χ1n) is 7.40. The number of hydrogen-bond acceptors (Lipinski definition) is 5. The lowest BCUT2D eigenvalue weighted by molar-refractivity contribution is -0.150. The van der Waals surface area contributed by atoms with Crippen LogP contribution in [0.1, 0.15) is 6.92 Å². The highest BCUT2D eigenvalue weighted by molar-refractivity contribution is 8.00. The molecule has 0 aliphatic heterocycles. The number of thioether (sulfide) groups is 1. The molecule has 1 atom stereocenters. The Morgan fingerprint density at radius 3 is 2.58 bits per heavy atom. The quantitative estimate of drug-likeness (QED) is 0.616. The van der Waals surface area contributed by atoms with Crippen LogP contribution in [0.2, 0.25) is 0 Å². The van der Waals surface area contributed by atoms with Crippen LogP contribution in [-0.4, -0.2) is 30.8 Å². The van der Waals surface area contributed by atoms with Crippen molar-refractivity contribution in [3.8, 4) is 5.75 Å². The van der Waals surface area contributed by atoms with Gasteiger partial charge in [0.15, 0.2) is 6.10 Å². The molecule has 2 aromatic carbocycles. The molecule has 1 N–H and O–H groups in total. The van der Waals surface area contributed by atoms with Crippen molar-refractivity contribution < 1.29 is 19.1 Å². The second-order valence-corrected chi connectivity index (χ2v) is 6.00. The predicted molar refractivity (Wildman–Crippen MR) is 94.3 cm³/mol. The topological polar surface area (TPSA) is 64.6 Å². The summed E-state index contributed by atoms with van der Waals surface area (Å²) in [6.45, 7) is 1.54. The fourth-order valence-corrected chi connectivity index (χ4v) is 2.59. The van der Waals surface area contributed by atoms with Crippen molar-refractivity contribution in [2.24, 2.45) is 0 Å². The number of carbonyl (C=O) groups is 2. The van der Waals surface area contributed by atoms with Crippen LogP contribution in [0.4, 0.5) is 5.69 Å². The second kappa shape index (κ2) is 8.98. The van der Waals surface area contributed by atoms with Crippen LogP contribution in [0.3, 0.4) is 0 Å². The minimum absolute atomic E-state index is 0.154. The fraction of sp³-hybridized carbons (Fsp3) is 0.222. The monoisotopic (exact) mass is 345 g/mol. The normalized spacial score (nSPS) is 11.4. The Balaban J connectivity index is 1.81. The Morgan fingerprint density at radius 1 is 1.12 bits per heavy atom. The zero-order chi connectivity index (χ0) is 17.4. The van der Waals surface area contributed by atoms with Gasteiger partial charge in [0.05, 0.1) is 12.9 Å². The number of carbonyl (C=O) groups excluding carboxylic acids is 2. The number of esters is 1. The van der Waals surface area contributed by atoms with E-state index in [4.69, 9.17) is 9.47 Å². The molecule has 0 spiro atoms. The molecule has 0 fully saturated rings. The van der Waals surface area contributed by atoms with Crippen molar-refractivity contribution in [3.63, 3.8) is 0 Å². The number of benzene rings is 2. The molecule has 0 bridgehead atoms. The molecular formula is C18H19NO4S. The zero-order valence-electron chi connectivity index (χ0n) is 13.5. The van der Waals surface area contributed by atoms with Crippen molar-refractivity contribution in [2.75, 3.05) is 18.2 Å². The smallest absolute Gasteiger partial charge is 0.317 e. The minimum Gasteiger partial charge on any atom is -0.497 e. The van der Waals surface area contributed by atoms with Gasteiger partial charge in [-0.3, -0.25) is 9.59 Å². The fourth-order valence-electron chi connectivity index (χ4n) is 1.89. The van der Waals surface area contributed by atoms with Crippen LogP contribution < -0.4 is 10.1 Å². The first kappa shape index (κ1) is 17.9. The Morgan fingerprint density at radius 2 is 1.88 bits per heavy atom. The van der Waals surface area contributed by atoms with Gasteiger partial charge >= 0.3 is 5.97 Å². The summed E-state index contributed by atoms with van der Waals surface area (Å²) in [6, 6.07) is 16.5. The van der Waals surface area contributed by atoms with Gasteiger partial charge in [0, 0.05) is 16.6 Å². The number of anilines is 1. The van der Waals surface area contributed by atoms with E-state index in [1.165, 1.54) is 11.8 Å². The standard InChI is InChI=1S/C18H19NO4S/c1-13(18(21)19-14-7-6-8-15(11-14)22-2)23-17(20)12-24-16-9-4-3-5-10-16/h3-11,13H,12H2,1-2H3,(H,19,21)/t13-/m0/s1. The van der Waals surface area contributed by atoms with Crippen molar-refractivity contribution in [3.05, 3.63) is 54.6 Å². The van der Waals surface area contributed by atoms with Gasteiger partial charge in [0.1, 0.15) is 5.75 Å². The van der Waals surface area contributed by atoms with E-state index in [2.05, 4.69) is 5.32 Å². The van der Waals surface area contributed by atoms with E-state index in [1.807, 2.05) is 30.3 Å². The van der Waals surface area contributed by atoms with Gasteiger partial charge < -0.3 is 14.8 Å². The molecule has 24 heavy (non-hydrogen) atoms. The van der Waals surface area contributed by atoms with E-state index in [-0.39, 0.29) is 11.7 Å². The van der Waals surface area contributed by atoms with E-state index in [9.17, 15) is 9.59 Å². The van der Waals surface area contributed by atoms with Crippen molar-refractivity contribution in [1.29, 1.82) is 0 Å². The maximum Gasteiger partial charge on any atom is 0.317 e. The number of nitrogens with one attached hydrogen (secondary N) is 1. The summed E-state index contributed by atoms with van der Waals surface area (Å²) in [5.41, 5.74) is 0.584. The Kier molecular flexibility index (Phi) is 6.69. The van der Waals surface area contributed by atoms with Crippen LogP contribution in [0, 0.1) is 0 Å². The zero-order valence-corrected chi connectivity index (χ0v) is 14.3. The number of amides is 1. The van der Waals surface area contributed by atoms with Crippen LogP contribution in [0.25, 0.3) is 0 Å². The second-order valence-electron chi connectivity index (χ2n) is 4.96. The summed E-state index contributed by atoms with van der Waals surface area (Å²) in [5.74, 6) is -0.0315. The largest absolute Gasteiger partial charge is 0.497 e. The molecule has 0 unspecified atom stereocenters. The van der Waals surface area contributed by atoms with Crippen LogP contribution in [0.15, 0.2) is 59.5 Å². The number of rotatable bonds is 7. The van der Waals surface area contributed by atoms with E-state index in [1.54, 1.807) is 38.3 Å². The highest BCUT2D eigenvalue weighted by atomic mass is 32.2. The molecule has 126 valence electrons. The minimum atomic E-state index is -0.875. The van der Waals surface area contributed by atoms with E-state index < -0.39 is 12.1 Å². The molecule has 6 heteroatoms. The summed E-state index contributed by atoms with van der Waals surface area (Å²) < 4.78 is 10.3. The third-order valence-corrected chi connectivity index (χ3v) is 4.10. The SMILES string of the molecule is COc1cccc(NC(=O)[C@H](C)OC(=O)CSc2ccccc2)c1. The maximum absolute atomic E-state index is 12.1. The predicted octanol–water partition coefficient (Wildman–Crippen LogP) is 3.36. The molecule has 5 nitrogen and oxygen atoms in total. The number of ether oxygens (including phenoxy) is 2. The highest BCUT2D eigenvalue weighted by Gasteiger charge is 2.18. The molecule has 2 rings (SSSR count). The highest BCUT2D eigenvalue weighted by Crippen LogP contribution is 2.18. The lowest BCUT2D eigenvalue weighted by Crippen LogP contribution is -2.30. The Labute approximate surface area is 145 Å². The molecule has 0 aliphatic rings. The maximum atomic E-state index is 12.1. The van der Waals surface area contributed by atoms with Gasteiger partial charge in [-0.1, -0.05) is 24.3 Å². The average molecular weight is 345 g/mol. The summed E-state index contributed by atoms with van der Waals surface area (Å²) in [6.07, 6.45) is -0.875. The van der Waals surface area contributed by atoms with E-state index in [0.717, 1.165) is 4.90 Å². The van der Waals surface area contributed by atoms with Crippen LogP contribution in [-0.2, 0) is 14.3 Å². The molecule has 0 aromatic heterocycles. The van der Waals surface area contributed by atoms with Gasteiger partial charge in [-0.15, -0.1) is 11.8 Å². The molecule has 0 radical (unpaired) electrons. The van der Waals surface area contributed by atoms with E-state index >= 15 is 0 Å². The van der Waals surface area contributed by atoms with Gasteiger partial charge in [0.25, 0.3) is 5.91 Å². The molecular weight excluding hydrogens is 326 g/mol. The molecule has 2 aromatic rings. The Hall–Kier alpha value is -2.47. The first-order chi connectivity index (χ1) is 11.6. The number of hydrogen-bond donors (Lipinski definition) is 1. The first-order valence-corrected chi connectivity index (χ1v) is 8.39. The van der Waals surface area contributed by atoms with Gasteiger partial charge in [0.2, 0.25) is 0 Å². The molecule has 0 aliphatic carbocycles.